The highest BCUT2D eigenvalue weighted by atomic mass is 35.5. The van der Waals surface area contributed by atoms with Gasteiger partial charge in [-0.2, -0.15) is 0 Å². The molecule has 0 bridgehead atoms. The lowest BCUT2D eigenvalue weighted by molar-refractivity contribution is 0.929. The van der Waals surface area contributed by atoms with E-state index in [1.807, 2.05) is 32.1 Å². The summed E-state index contributed by atoms with van der Waals surface area (Å²) in [4.78, 5) is -0.362. The van der Waals surface area contributed by atoms with Gasteiger partial charge in [0.15, 0.2) is 0 Å². The Hall–Kier alpha value is -0.490. The number of hydrogen-bond donors (Lipinski definition) is 0. The Morgan fingerprint density at radius 3 is 2.60 bits per heavy atom. The van der Waals surface area contributed by atoms with Crippen molar-refractivity contribution in [2.75, 3.05) is 0 Å². The van der Waals surface area contributed by atoms with Crippen molar-refractivity contribution in [3.05, 3.63) is 36.0 Å². The molecule has 0 amide bonds. The zero-order valence-corrected chi connectivity index (χ0v) is 7.07. The van der Waals surface area contributed by atoms with Crippen LogP contribution in [0.4, 0.5) is 0 Å². The Morgan fingerprint density at radius 2 is 2.20 bits per heavy atom. The largest absolute Gasteiger partial charge is 0.110 e. The Morgan fingerprint density at radius 1 is 1.60 bits per heavy atom. The average Bonchev–Trinajstić information content (AvgIpc) is 1.81. The molecule has 1 atom stereocenters. The van der Waals surface area contributed by atoms with Crippen LogP contribution < -0.4 is 0 Å². The molecule has 0 aromatic carbocycles. The Labute approximate surface area is 66.9 Å². The van der Waals surface area contributed by atoms with E-state index < -0.39 is 0 Å². The highest BCUT2D eigenvalue weighted by Crippen LogP contribution is 2.30. The fourth-order valence-corrected chi connectivity index (χ4v) is 0.977. The molecule has 0 N–H and O–H groups in total. The summed E-state index contributed by atoms with van der Waals surface area (Å²) in [5, 5.41) is 0. The summed E-state index contributed by atoms with van der Waals surface area (Å²) >= 11 is 6.06. The number of alkyl halides is 1. The van der Waals surface area contributed by atoms with Gasteiger partial charge in [-0.15, -0.1) is 11.6 Å². The first-order valence-electron chi connectivity index (χ1n) is 3.28. The van der Waals surface area contributed by atoms with Crippen LogP contribution in [0, 0.1) is 0 Å². The molecular weight excluding hydrogens is 144 g/mol. The Bertz CT molecular complexity index is 219. The summed E-state index contributed by atoms with van der Waals surface area (Å²) in [7, 11) is 0. The second-order valence-corrected chi connectivity index (χ2v) is 3.61. The standard InChI is InChI=1S/C9H11Cl/c1-7-4-5-9(3,10)8(2)6-7/h4-6H,2H2,1,3H3. The van der Waals surface area contributed by atoms with Crippen LogP contribution in [0.3, 0.4) is 0 Å². The lowest BCUT2D eigenvalue weighted by atomic mass is 9.94. The first-order valence-corrected chi connectivity index (χ1v) is 3.66. The number of rotatable bonds is 0. The molecule has 0 fully saturated rings. The van der Waals surface area contributed by atoms with Crippen LogP contribution in [0.15, 0.2) is 36.0 Å². The molecule has 0 spiro atoms. The van der Waals surface area contributed by atoms with Gasteiger partial charge in [0.2, 0.25) is 0 Å². The van der Waals surface area contributed by atoms with Crippen LogP contribution in [-0.4, -0.2) is 4.87 Å². The minimum atomic E-state index is -0.362. The Kier molecular flexibility index (Phi) is 1.74. The van der Waals surface area contributed by atoms with E-state index >= 15 is 0 Å². The molecule has 0 aromatic heterocycles. The van der Waals surface area contributed by atoms with Crippen LogP contribution in [0.25, 0.3) is 0 Å². The molecule has 1 unspecified atom stereocenters. The predicted molar refractivity (Wildman–Crippen MR) is 46.3 cm³/mol. The van der Waals surface area contributed by atoms with Crippen molar-refractivity contribution in [1.29, 1.82) is 0 Å². The van der Waals surface area contributed by atoms with Gasteiger partial charge >= 0.3 is 0 Å². The molecule has 1 aliphatic carbocycles. The molecule has 0 nitrogen and oxygen atoms in total. The molecular formula is C9H11Cl. The van der Waals surface area contributed by atoms with Crippen molar-refractivity contribution < 1.29 is 0 Å². The van der Waals surface area contributed by atoms with Crippen LogP contribution in [0.1, 0.15) is 13.8 Å². The predicted octanol–water partition coefficient (Wildman–Crippen LogP) is 3.06. The summed E-state index contributed by atoms with van der Waals surface area (Å²) in [6, 6.07) is 0. The van der Waals surface area contributed by atoms with Gasteiger partial charge in [0, 0.05) is 0 Å². The maximum Gasteiger partial charge on any atom is 0.0844 e. The van der Waals surface area contributed by atoms with Gasteiger partial charge in [-0.25, -0.2) is 0 Å². The SMILES string of the molecule is C=C1C=C(C)C=CC1(C)Cl. The molecule has 0 heterocycles. The minimum absolute atomic E-state index is 0.362. The van der Waals surface area contributed by atoms with Gasteiger partial charge in [-0.3, -0.25) is 0 Å². The quantitative estimate of drug-likeness (QED) is 0.471. The van der Waals surface area contributed by atoms with Crippen molar-refractivity contribution in [2.24, 2.45) is 0 Å². The van der Waals surface area contributed by atoms with E-state index in [9.17, 15) is 0 Å². The normalized spacial score (nSPS) is 32.3. The van der Waals surface area contributed by atoms with Crippen LogP contribution in [0.5, 0.6) is 0 Å². The molecule has 1 heteroatoms. The molecule has 0 saturated carbocycles. The van der Waals surface area contributed by atoms with Crippen LogP contribution in [0.2, 0.25) is 0 Å². The van der Waals surface area contributed by atoms with Gasteiger partial charge < -0.3 is 0 Å². The Balaban J connectivity index is 2.96. The van der Waals surface area contributed by atoms with Gasteiger partial charge in [0.1, 0.15) is 0 Å². The maximum absolute atomic E-state index is 6.06. The third-order valence-corrected chi connectivity index (χ3v) is 2.06. The number of allylic oxidation sites excluding steroid dienone is 5. The third-order valence-electron chi connectivity index (χ3n) is 1.69. The second-order valence-electron chi connectivity index (χ2n) is 2.82. The lowest BCUT2D eigenvalue weighted by Gasteiger charge is -2.21. The second kappa shape index (κ2) is 2.28. The van der Waals surface area contributed by atoms with Gasteiger partial charge in [0.05, 0.1) is 4.87 Å². The summed E-state index contributed by atoms with van der Waals surface area (Å²) in [5.74, 6) is 0. The monoisotopic (exact) mass is 154 g/mol. The lowest BCUT2D eigenvalue weighted by Crippen LogP contribution is -2.16. The molecule has 1 aliphatic rings. The maximum atomic E-state index is 6.06. The topological polar surface area (TPSA) is 0 Å². The minimum Gasteiger partial charge on any atom is -0.110 e. The zero-order valence-electron chi connectivity index (χ0n) is 6.32. The smallest absolute Gasteiger partial charge is 0.0844 e. The molecule has 0 radical (unpaired) electrons. The van der Waals surface area contributed by atoms with E-state index in [2.05, 4.69) is 6.58 Å². The van der Waals surface area contributed by atoms with Gasteiger partial charge in [0.25, 0.3) is 0 Å². The molecule has 1 rings (SSSR count). The van der Waals surface area contributed by atoms with Gasteiger partial charge in [-0.05, 0) is 19.4 Å². The van der Waals surface area contributed by atoms with Crippen LogP contribution in [-0.2, 0) is 0 Å². The average molecular weight is 155 g/mol. The highest BCUT2D eigenvalue weighted by molar-refractivity contribution is 6.27. The fourth-order valence-electron chi connectivity index (χ4n) is 0.859. The van der Waals surface area contributed by atoms with E-state index in [-0.39, 0.29) is 4.87 Å². The fraction of sp³-hybridized carbons (Fsp3) is 0.333. The summed E-state index contributed by atoms with van der Waals surface area (Å²) in [6.07, 6.45) is 5.99. The van der Waals surface area contributed by atoms with Crippen molar-refractivity contribution in [2.45, 2.75) is 18.7 Å². The molecule has 0 aromatic rings. The summed E-state index contributed by atoms with van der Waals surface area (Å²) < 4.78 is 0. The van der Waals surface area contributed by atoms with Crippen molar-refractivity contribution in [3.63, 3.8) is 0 Å². The zero-order chi connectivity index (χ0) is 7.78. The number of hydrogen-bond acceptors (Lipinski definition) is 0. The van der Waals surface area contributed by atoms with E-state index in [1.165, 1.54) is 5.57 Å². The third kappa shape index (κ3) is 1.32. The molecule has 10 heavy (non-hydrogen) atoms. The first-order chi connectivity index (χ1) is 4.52. The van der Waals surface area contributed by atoms with Gasteiger partial charge in [-0.1, -0.05) is 30.4 Å². The molecule has 0 saturated heterocycles. The van der Waals surface area contributed by atoms with E-state index in [1.54, 1.807) is 0 Å². The van der Waals surface area contributed by atoms with Crippen molar-refractivity contribution in [3.8, 4) is 0 Å². The van der Waals surface area contributed by atoms with Crippen LogP contribution >= 0.6 is 11.6 Å². The van der Waals surface area contributed by atoms with Crippen molar-refractivity contribution >= 4 is 11.6 Å². The van der Waals surface area contributed by atoms with E-state index in [4.69, 9.17) is 11.6 Å². The van der Waals surface area contributed by atoms with E-state index in [0.29, 0.717) is 0 Å². The molecule has 54 valence electrons. The van der Waals surface area contributed by atoms with E-state index in [0.717, 1.165) is 5.57 Å². The molecule has 0 aliphatic heterocycles. The summed E-state index contributed by atoms with van der Waals surface area (Å²) in [5.41, 5.74) is 2.18. The number of halogens is 1. The van der Waals surface area contributed by atoms with Crippen molar-refractivity contribution in [1.82, 2.24) is 0 Å². The highest BCUT2D eigenvalue weighted by Gasteiger charge is 2.21. The summed E-state index contributed by atoms with van der Waals surface area (Å²) in [6.45, 7) is 7.83. The first kappa shape index (κ1) is 7.62.